The molecule has 0 amide bonds. The number of hydrogen-bond acceptors (Lipinski definition) is 8. The van der Waals surface area contributed by atoms with Crippen LogP contribution in [0, 0.1) is 12.8 Å². The van der Waals surface area contributed by atoms with Crippen molar-refractivity contribution in [3.8, 4) is 0 Å². The maximum atomic E-state index is 13.4. The lowest BCUT2D eigenvalue weighted by molar-refractivity contribution is 0.0303. The normalized spacial score (nSPS) is 24.6. The van der Waals surface area contributed by atoms with E-state index in [1.54, 1.807) is 30.3 Å². The Labute approximate surface area is 227 Å². The number of fused-ring (bicyclic) bond motifs is 3. The highest BCUT2D eigenvalue weighted by molar-refractivity contribution is 7.90. The van der Waals surface area contributed by atoms with Gasteiger partial charge in [-0.05, 0) is 63.1 Å². The van der Waals surface area contributed by atoms with E-state index in [-0.39, 0.29) is 40.3 Å². The number of nitrogens with one attached hydrogen (secondary N) is 1. The van der Waals surface area contributed by atoms with Gasteiger partial charge >= 0.3 is 0 Å². The molecule has 0 bridgehead atoms. The molecular weight excluding hydrogens is 540 g/mol. The molecule has 2 fully saturated rings. The minimum atomic E-state index is -3.86. The van der Waals surface area contributed by atoms with Gasteiger partial charge in [-0.15, -0.1) is 10.2 Å². The van der Waals surface area contributed by atoms with Crippen LogP contribution in [-0.4, -0.2) is 64.9 Å². The largest absolute Gasteiger partial charge is 0.377 e. The molecule has 1 N–H and O–H groups in total. The number of benzene rings is 1. The molecule has 1 saturated carbocycles. The molecule has 1 unspecified atom stereocenters. The van der Waals surface area contributed by atoms with Crippen molar-refractivity contribution >= 4 is 36.9 Å². The Morgan fingerprint density at radius 1 is 1.05 bits per heavy atom. The van der Waals surface area contributed by atoms with Gasteiger partial charge in [0.25, 0.3) is 10.0 Å². The van der Waals surface area contributed by atoms with Crippen LogP contribution in [0.4, 0.5) is 0 Å². The molecule has 3 aromatic heterocycles. The van der Waals surface area contributed by atoms with Gasteiger partial charge in [-0.3, -0.25) is 4.40 Å². The smallest absolute Gasteiger partial charge is 0.269 e. The Balaban J connectivity index is 1.29. The topological polar surface area (TPSA) is 138 Å². The molecule has 1 saturated heterocycles. The lowest BCUT2D eigenvalue weighted by Gasteiger charge is -2.23. The number of hydrogen-bond donors (Lipinski definition) is 1. The van der Waals surface area contributed by atoms with Crippen molar-refractivity contribution in [2.45, 2.75) is 68.9 Å². The Hall–Kier alpha value is -2.87. The molecule has 0 radical (unpaired) electrons. The minimum absolute atomic E-state index is 0.0221. The first-order valence-electron chi connectivity index (χ1n) is 13.3. The van der Waals surface area contributed by atoms with Crippen molar-refractivity contribution in [2.75, 3.05) is 12.4 Å². The van der Waals surface area contributed by atoms with E-state index in [1.165, 1.54) is 16.4 Å². The summed E-state index contributed by atoms with van der Waals surface area (Å²) in [4.78, 5) is 4.59. The van der Waals surface area contributed by atoms with Gasteiger partial charge in [0.05, 0.1) is 28.5 Å². The standard InChI is InChI=1S/C26H32N6O5S2/c1-17-6-8-21(9-7-17)39(35,36)31-11-10-23-26(31)27-15-24-28-29-25(32(23)24)22-14-19(13-18(22)2)30-38(33,34)16-20-5-3-4-12-37-20/h6-11,15,18-20,22,30H,3-5,12-14,16H2,1-2H3/t18-,19+,20?,22+/m1/s1. The van der Waals surface area contributed by atoms with Crippen molar-refractivity contribution in [1.29, 1.82) is 0 Å². The molecular formula is C26H32N6O5S2. The average Bonchev–Trinajstić information content (AvgIpc) is 3.60. The average molecular weight is 573 g/mol. The zero-order valence-corrected chi connectivity index (χ0v) is 23.5. The summed E-state index contributed by atoms with van der Waals surface area (Å²) < 4.78 is 64.1. The molecule has 1 aliphatic heterocycles. The fourth-order valence-corrected chi connectivity index (χ4v) is 8.75. The summed E-state index contributed by atoms with van der Waals surface area (Å²) in [5, 5.41) is 8.76. The Bertz CT molecular complexity index is 1720. The second-order valence-electron chi connectivity index (χ2n) is 10.8. The first kappa shape index (κ1) is 26.4. The second-order valence-corrected chi connectivity index (χ2v) is 14.4. The van der Waals surface area contributed by atoms with Crippen LogP contribution in [0.1, 0.15) is 56.3 Å². The van der Waals surface area contributed by atoms with Gasteiger partial charge in [0.2, 0.25) is 10.0 Å². The Morgan fingerprint density at radius 2 is 1.85 bits per heavy atom. The first-order valence-corrected chi connectivity index (χ1v) is 16.4. The van der Waals surface area contributed by atoms with Crippen molar-refractivity contribution < 1.29 is 21.6 Å². The zero-order valence-electron chi connectivity index (χ0n) is 21.9. The van der Waals surface area contributed by atoms with E-state index < -0.39 is 20.0 Å². The Morgan fingerprint density at radius 3 is 2.59 bits per heavy atom. The third-order valence-electron chi connectivity index (χ3n) is 7.88. The van der Waals surface area contributed by atoms with Crippen molar-refractivity contribution in [2.24, 2.45) is 5.92 Å². The van der Waals surface area contributed by atoms with Gasteiger partial charge in [-0.1, -0.05) is 24.6 Å². The van der Waals surface area contributed by atoms with Crippen LogP contribution in [0.3, 0.4) is 0 Å². The lowest BCUT2D eigenvalue weighted by atomic mass is 9.97. The molecule has 0 spiro atoms. The quantitative estimate of drug-likeness (QED) is 0.357. The summed E-state index contributed by atoms with van der Waals surface area (Å²) in [7, 11) is -7.36. The lowest BCUT2D eigenvalue weighted by Crippen LogP contribution is -2.39. The van der Waals surface area contributed by atoms with Crippen LogP contribution in [0.5, 0.6) is 0 Å². The molecule has 2 aliphatic rings. The molecule has 1 aliphatic carbocycles. The van der Waals surface area contributed by atoms with E-state index in [4.69, 9.17) is 4.74 Å². The molecule has 4 atom stereocenters. The van der Waals surface area contributed by atoms with Crippen molar-refractivity contribution in [3.05, 3.63) is 54.1 Å². The number of sulfonamides is 1. The van der Waals surface area contributed by atoms with Crippen molar-refractivity contribution in [1.82, 2.24) is 28.3 Å². The summed E-state index contributed by atoms with van der Waals surface area (Å²) in [5.74, 6) is 0.720. The van der Waals surface area contributed by atoms with Gasteiger partial charge in [-0.2, -0.15) is 0 Å². The fraction of sp³-hybridized carbons (Fsp3) is 0.500. The monoisotopic (exact) mass is 572 g/mol. The number of ether oxygens (including phenoxy) is 1. The number of aryl methyl sites for hydroxylation is 1. The van der Waals surface area contributed by atoms with E-state index in [0.717, 1.165) is 24.8 Å². The number of rotatable bonds is 7. The summed E-state index contributed by atoms with van der Waals surface area (Å²) in [6.45, 7) is 4.59. The SMILES string of the molecule is Cc1ccc(S(=O)(=O)n2ccc3c2ncc2nnc([C@H]4C[C@@H](NS(=O)(=O)CC5CCCCO5)C[C@H]4C)n23)cc1. The van der Waals surface area contributed by atoms with Crippen LogP contribution in [0.25, 0.3) is 16.8 Å². The minimum Gasteiger partial charge on any atom is -0.377 e. The molecule has 4 aromatic rings. The maximum absolute atomic E-state index is 13.4. The zero-order chi connectivity index (χ0) is 27.4. The van der Waals surface area contributed by atoms with Gasteiger partial charge in [-0.25, -0.2) is 30.5 Å². The van der Waals surface area contributed by atoms with Gasteiger partial charge in [0, 0.05) is 24.8 Å². The van der Waals surface area contributed by atoms with Crippen LogP contribution in [0.15, 0.2) is 47.6 Å². The van der Waals surface area contributed by atoms with Gasteiger partial charge < -0.3 is 4.74 Å². The fourth-order valence-electron chi connectivity index (χ4n) is 5.90. The van der Waals surface area contributed by atoms with Crippen molar-refractivity contribution in [3.63, 3.8) is 0 Å². The molecule has 208 valence electrons. The van der Waals surface area contributed by atoms with E-state index in [9.17, 15) is 16.8 Å². The van der Waals surface area contributed by atoms with E-state index in [2.05, 4.69) is 26.8 Å². The van der Waals surface area contributed by atoms with Gasteiger partial charge in [0.1, 0.15) is 5.82 Å². The number of nitrogens with zero attached hydrogens (tertiary/aromatic N) is 5. The van der Waals surface area contributed by atoms with E-state index in [1.807, 2.05) is 11.3 Å². The van der Waals surface area contributed by atoms with Gasteiger partial charge in [0.15, 0.2) is 11.3 Å². The maximum Gasteiger partial charge on any atom is 0.269 e. The van der Waals surface area contributed by atoms with E-state index in [0.29, 0.717) is 36.4 Å². The van der Waals surface area contributed by atoms with E-state index >= 15 is 0 Å². The molecule has 4 heterocycles. The molecule has 11 nitrogen and oxygen atoms in total. The summed E-state index contributed by atoms with van der Waals surface area (Å²) in [6.07, 6.45) is 6.72. The summed E-state index contributed by atoms with van der Waals surface area (Å²) in [5.41, 5.74) is 2.33. The van der Waals surface area contributed by atoms with Crippen LogP contribution in [-0.2, 0) is 24.8 Å². The summed E-state index contributed by atoms with van der Waals surface area (Å²) in [6, 6.07) is 8.17. The van der Waals surface area contributed by atoms with Crippen LogP contribution < -0.4 is 4.72 Å². The molecule has 1 aromatic carbocycles. The first-order chi connectivity index (χ1) is 18.6. The third-order valence-corrected chi connectivity index (χ3v) is 11.1. The van der Waals surface area contributed by atoms with Crippen LogP contribution in [0.2, 0.25) is 0 Å². The summed E-state index contributed by atoms with van der Waals surface area (Å²) >= 11 is 0. The third kappa shape index (κ3) is 4.96. The highest BCUT2D eigenvalue weighted by Gasteiger charge is 2.38. The molecule has 13 heteroatoms. The molecule has 6 rings (SSSR count). The predicted molar refractivity (Wildman–Crippen MR) is 145 cm³/mol. The van der Waals surface area contributed by atoms with Crippen LogP contribution >= 0.6 is 0 Å². The highest BCUT2D eigenvalue weighted by Crippen LogP contribution is 2.40. The highest BCUT2D eigenvalue weighted by atomic mass is 32.2. The number of aromatic nitrogens is 5. The second kappa shape index (κ2) is 9.95. The predicted octanol–water partition coefficient (Wildman–Crippen LogP) is 3.00. The Kier molecular flexibility index (Phi) is 6.72. The molecule has 39 heavy (non-hydrogen) atoms.